The third-order valence-corrected chi connectivity index (χ3v) is 13.3. The van der Waals surface area contributed by atoms with Crippen molar-refractivity contribution in [3.05, 3.63) is 285 Å². The molecule has 0 saturated carbocycles. The summed E-state index contributed by atoms with van der Waals surface area (Å²) in [6, 6.07) is 101. The molecular weight excluding hydrogens is 871 g/mol. The van der Waals surface area contributed by atoms with E-state index in [1.165, 1.54) is 0 Å². The first-order valence-electron chi connectivity index (χ1n) is 24.4. The highest BCUT2D eigenvalue weighted by molar-refractivity contribution is 6.05. The van der Waals surface area contributed by atoms with Gasteiger partial charge in [-0.1, -0.05) is 261 Å². The van der Waals surface area contributed by atoms with Gasteiger partial charge in [0.15, 0.2) is 5.82 Å². The largest absolute Gasteiger partial charge is 0.246 e. The summed E-state index contributed by atoms with van der Waals surface area (Å²) in [6.07, 6.45) is 0. The molecule has 3 nitrogen and oxygen atoms in total. The fourth-order valence-corrected chi connectivity index (χ4v) is 9.77. The highest BCUT2D eigenvalue weighted by Gasteiger charge is 2.25. The molecule has 0 aliphatic heterocycles. The molecule has 0 radical (unpaired) electrons. The smallest absolute Gasteiger partial charge is 0.160 e. The van der Waals surface area contributed by atoms with E-state index in [-0.39, 0.29) is 0 Å². The molecule has 0 amide bonds. The van der Waals surface area contributed by atoms with E-state index in [9.17, 15) is 0 Å². The Morgan fingerprint density at radius 3 is 0.847 bits per heavy atom. The molecule has 2 heterocycles. The molecule has 0 fully saturated rings. The average molecular weight is 918 g/mol. The first kappa shape index (κ1) is 43.7. The van der Waals surface area contributed by atoms with Crippen molar-refractivity contribution < 1.29 is 0 Å². The molecule has 0 N–H and O–H groups in total. The zero-order valence-corrected chi connectivity index (χ0v) is 39.5. The van der Waals surface area contributed by atoms with Crippen LogP contribution in [0.15, 0.2) is 285 Å². The van der Waals surface area contributed by atoms with E-state index < -0.39 is 0 Å². The van der Waals surface area contributed by atoms with Gasteiger partial charge in [0.1, 0.15) is 0 Å². The van der Waals surface area contributed by atoms with Crippen LogP contribution in [0, 0.1) is 0 Å². The quantitative estimate of drug-likeness (QED) is 0.130. The molecular formula is C69H47N3. The standard InChI is InChI=1S/C69H47N3/c1-7-22-48(23-8-1)56-34-19-37-59(44-56)62-47-63(60-38-20-35-57(45-60)49-24-9-2-10-25-49)71-69(70-62)61-39-21-36-58(46-61)50-40-42-53(43-41-50)64-65(51-26-11-3-12-27-51)67(54-30-15-5-16-31-54)72-68(55-32-17-6-18-33-55)66(64)52-28-13-4-14-29-52/h1-47H. The molecule has 3 heteroatoms. The van der Waals surface area contributed by atoms with Gasteiger partial charge in [0.25, 0.3) is 0 Å². The number of benzene rings is 10. The SMILES string of the molecule is c1ccc(-c2cccc(-c3cc(-c4cccc(-c5ccccc5)c4)nc(-c4cccc(-c5ccc(-c6c(-c7ccccc7)c(-c7ccccc7)nc(-c7ccccc7)c6-c6ccccc6)cc5)c4)n3)c2)cc1. The molecule has 10 aromatic carbocycles. The highest BCUT2D eigenvalue weighted by Crippen LogP contribution is 2.49. The van der Waals surface area contributed by atoms with Crippen molar-refractivity contribution in [2.75, 3.05) is 0 Å². The lowest BCUT2D eigenvalue weighted by Gasteiger charge is -2.23. The third-order valence-electron chi connectivity index (χ3n) is 13.3. The molecule has 0 saturated heterocycles. The van der Waals surface area contributed by atoms with E-state index in [4.69, 9.17) is 15.0 Å². The Morgan fingerprint density at radius 1 is 0.167 bits per heavy atom. The zero-order valence-electron chi connectivity index (χ0n) is 39.5. The van der Waals surface area contributed by atoms with Gasteiger partial charge in [0.2, 0.25) is 0 Å². The van der Waals surface area contributed by atoms with Crippen LogP contribution in [0.2, 0.25) is 0 Å². The van der Waals surface area contributed by atoms with Gasteiger partial charge in [0.05, 0.1) is 22.8 Å². The molecule has 0 bridgehead atoms. The van der Waals surface area contributed by atoms with Crippen LogP contribution < -0.4 is 0 Å². The number of hydrogen-bond acceptors (Lipinski definition) is 3. The van der Waals surface area contributed by atoms with Crippen molar-refractivity contribution in [2.45, 2.75) is 0 Å². The van der Waals surface area contributed by atoms with Gasteiger partial charge in [-0.05, 0) is 74.3 Å². The molecule has 72 heavy (non-hydrogen) atoms. The molecule has 0 spiro atoms. The van der Waals surface area contributed by atoms with Gasteiger partial charge in [-0.2, -0.15) is 0 Å². The van der Waals surface area contributed by atoms with Gasteiger partial charge < -0.3 is 0 Å². The Hall–Kier alpha value is -9.57. The second kappa shape index (κ2) is 19.8. The normalized spacial score (nSPS) is 11.1. The summed E-state index contributed by atoms with van der Waals surface area (Å²) in [5.74, 6) is 0.662. The predicted molar refractivity (Wildman–Crippen MR) is 300 cm³/mol. The maximum Gasteiger partial charge on any atom is 0.160 e. The molecule has 0 atom stereocenters. The zero-order chi connectivity index (χ0) is 48.1. The first-order chi connectivity index (χ1) is 35.7. The van der Waals surface area contributed by atoms with Crippen molar-refractivity contribution in [3.8, 4) is 123 Å². The third kappa shape index (κ3) is 8.95. The molecule has 338 valence electrons. The van der Waals surface area contributed by atoms with E-state index >= 15 is 0 Å². The van der Waals surface area contributed by atoms with Crippen molar-refractivity contribution in [3.63, 3.8) is 0 Å². The Labute approximate surface area is 421 Å². The van der Waals surface area contributed by atoms with Gasteiger partial charge in [-0.15, -0.1) is 0 Å². The van der Waals surface area contributed by atoms with E-state index in [1.807, 2.05) is 0 Å². The van der Waals surface area contributed by atoms with Crippen LogP contribution in [-0.2, 0) is 0 Å². The van der Waals surface area contributed by atoms with Crippen molar-refractivity contribution in [1.82, 2.24) is 15.0 Å². The average Bonchev–Trinajstić information content (AvgIpc) is 3.48. The maximum absolute atomic E-state index is 5.63. The van der Waals surface area contributed by atoms with Gasteiger partial charge in [0, 0.05) is 44.5 Å². The number of pyridine rings is 1. The van der Waals surface area contributed by atoms with Gasteiger partial charge >= 0.3 is 0 Å². The van der Waals surface area contributed by atoms with Crippen LogP contribution in [0.1, 0.15) is 0 Å². The number of aromatic nitrogens is 3. The summed E-state index contributed by atoms with van der Waals surface area (Å²) >= 11 is 0. The molecule has 0 unspecified atom stereocenters. The monoisotopic (exact) mass is 917 g/mol. The van der Waals surface area contributed by atoms with E-state index in [2.05, 4.69) is 285 Å². The summed E-state index contributed by atoms with van der Waals surface area (Å²) < 4.78 is 0. The number of rotatable bonds is 11. The van der Waals surface area contributed by atoms with Crippen molar-refractivity contribution in [1.29, 1.82) is 0 Å². The summed E-state index contributed by atoms with van der Waals surface area (Å²) in [4.78, 5) is 16.3. The number of hydrogen-bond donors (Lipinski definition) is 0. The van der Waals surface area contributed by atoms with Crippen LogP contribution in [0.5, 0.6) is 0 Å². The summed E-state index contributed by atoms with van der Waals surface area (Å²) in [7, 11) is 0. The molecule has 2 aromatic heterocycles. The Balaban J connectivity index is 1.00. The lowest BCUT2D eigenvalue weighted by molar-refractivity contribution is 1.18. The Kier molecular flexibility index (Phi) is 12.0. The van der Waals surface area contributed by atoms with Crippen molar-refractivity contribution in [2.24, 2.45) is 0 Å². The van der Waals surface area contributed by atoms with Crippen LogP contribution in [0.3, 0.4) is 0 Å². The van der Waals surface area contributed by atoms with Crippen LogP contribution in [0.25, 0.3) is 123 Å². The van der Waals surface area contributed by atoms with Crippen LogP contribution in [-0.4, -0.2) is 15.0 Å². The minimum Gasteiger partial charge on any atom is -0.246 e. The van der Waals surface area contributed by atoms with E-state index in [0.29, 0.717) is 5.82 Å². The summed E-state index contributed by atoms with van der Waals surface area (Å²) in [5, 5.41) is 0. The Bertz CT molecular complexity index is 3600. The molecule has 0 aliphatic rings. The molecule has 0 aliphatic carbocycles. The molecule has 12 rings (SSSR count). The molecule has 12 aromatic rings. The van der Waals surface area contributed by atoms with E-state index in [0.717, 1.165) is 117 Å². The second-order valence-corrected chi connectivity index (χ2v) is 17.9. The van der Waals surface area contributed by atoms with Crippen LogP contribution >= 0.6 is 0 Å². The summed E-state index contributed by atoms with van der Waals surface area (Å²) in [6.45, 7) is 0. The van der Waals surface area contributed by atoms with Crippen LogP contribution in [0.4, 0.5) is 0 Å². The lowest BCUT2D eigenvalue weighted by atomic mass is 9.83. The van der Waals surface area contributed by atoms with Gasteiger partial charge in [-0.3, -0.25) is 0 Å². The lowest BCUT2D eigenvalue weighted by Crippen LogP contribution is -2.01. The fourth-order valence-electron chi connectivity index (χ4n) is 9.77. The minimum absolute atomic E-state index is 0.662. The fraction of sp³-hybridized carbons (Fsp3) is 0. The first-order valence-corrected chi connectivity index (χ1v) is 24.4. The second-order valence-electron chi connectivity index (χ2n) is 17.9. The highest BCUT2D eigenvalue weighted by atomic mass is 14.9. The van der Waals surface area contributed by atoms with Gasteiger partial charge in [-0.25, -0.2) is 15.0 Å². The topological polar surface area (TPSA) is 38.7 Å². The maximum atomic E-state index is 5.63. The predicted octanol–water partition coefficient (Wildman–Crippen LogP) is 18.2. The number of nitrogens with zero attached hydrogens (tertiary/aromatic N) is 3. The minimum atomic E-state index is 0.662. The Morgan fingerprint density at radius 2 is 0.444 bits per heavy atom. The van der Waals surface area contributed by atoms with E-state index in [1.54, 1.807) is 0 Å². The summed E-state index contributed by atoms with van der Waals surface area (Å²) in [5.41, 5.74) is 22.1. The van der Waals surface area contributed by atoms with Crippen molar-refractivity contribution >= 4 is 0 Å².